The zero-order valence-corrected chi connectivity index (χ0v) is 13.1. The second kappa shape index (κ2) is 4.67. The smallest absolute Gasteiger partial charge is 0.0428 e. The summed E-state index contributed by atoms with van der Waals surface area (Å²) >= 11 is 4.00. The first kappa shape index (κ1) is 12.7. The predicted octanol–water partition coefficient (Wildman–Crippen LogP) is 5.44. The van der Waals surface area contributed by atoms with Crippen LogP contribution in [0, 0.1) is 11.3 Å². The SMILES string of the molecule is CC1(C)CCCC1C(Br)c1ccc2c(c1)CCC2. The molecule has 98 valence electrons. The van der Waals surface area contributed by atoms with Crippen molar-refractivity contribution < 1.29 is 0 Å². The van der Waals surface area contributed by atoms with E-state index in [9.17, 15) is 0 Å². The van der Waals surface area contributed by atoms with Crippen LogP contribution in [-0.2, 0) is 12.8 Å². The maximum Gasteiger partial charge on any atom is 0.0428 e. The number of alkyl halides is 1. The van der Waals surface area contributed by atoms with Gasteiger partial charge < -0.3 is 0 Å². The van der Waals surface area contributed by atoms with Gasteiger partial charge in [0.25, 0.3) is 0 Å². The fourth-order valence-electron chi connectivity index (χ4n) is 3.89. The summed E-state index contributed by atoms with van der Waals surface area (Å²) in [6, 6.07) is 7.20. The average Bonchev–Trinajstić information content (AvgIpc) is 2.92. The van der Waals surface area contributed by atoms with Gasteiger partial charge in [0.05, 0.1) is 0 Å². The molecule has 0 spiro atoms. The summed E-state index contributed by atoms with van der Waals surface area (Å²) in [6.07, 6.45) is 8.07. The summed E-state index contributed by atoms with van der Waals surface area (Å²) in [5.74, 6) is 0.789. The van der Waals surface area contributed by atoms with Gasteiger partial charge in [0.2, 0.25) is 0 Å². The van der Waals surface area contributed by atoms with E-state index in [2.05, 4.69) is 48.0 Å². The van der Waals surface area contributed by atoms with Crippen molar-refractivity contribution in [3.63, 3.8) is 0 Å². The summed E-state index contributed by atoms with van der Waals surface area (Å²) in [4.78, 5) is 0.542. The first-order chi connectivity index (χ1) is 8.58. The van der Waals surface area contributed by atoms with Gasteiger partial charge in [-0.2, -0.15) is 0 Å². The van der Waals surface area contributed by atoms with Crippen LogP contribution in [0.4, 0.5) is 0 Å². The van der Waals surface area contributed by atoms with E-state index >= 15 is 0 Å². The lowest BCUT2D eigenvalue weighted by Gasteiger charge is -2.31. The molecule has 1 fully saturated rings. The van der Waals surface area contributed by atoms with Crippen LogP contribution in [0.5, 0.6) is 0 Å². The van der Waals surface area contributed by atoms with Crippen LogP contribution < -0.4 is 0 Å². The molecule has 0 aliphatic heterocycles. The lowest BCUT2D eigenvalue weighted by atomic mass is 9.78. The zero-order chi connectivity index (χ0) is 12.8. The third-order valence-electron chi connectivity index (χ3n) is 5.13. The predicted molar refractivity (Wildman–Crippen MR) is 81.3 cm³/mol. The molecule has 0 heterocycles. The highest BCUT2D eigenvalue weighted by atomic mass is 79.9. The van der Waals surface area contributed by atoms with Gasteiger partial charge in [0.1, 0.15) is 0 Å². The van der Waals surface area contributed by atoms with Gasteiger partial charge in [0, 0.05) is 4.83 Å². The Hall–Kier alpha value is -0.300. The molecule has 3 rings (SSSR count). The largest absolute Gasteiger partial charge is 0.0836 e. The lowest BCUT2D eigenvalue weighted by Crippen LogP contribution is -2.21. The molecule has 1 heteroatoms. The van der Waals surface area contributed by atoms with E-state index < -0.39 is 0 Å². The van der Waals surface area contributed by atoms with Crippen molar-refractivity contribution in [1.82, 2.24) is 0 Å². The van der Waals surface area contributed by atoms with Gasteiger partial charge in [-0.25, -0.2) is 0 Å². The maximum atomic E-state index is 4.00. The lowest BCUT2D eigenvalue weighted by molar-refractivity contribution is 0.257. The van der Waals surface area contributed by atoms with Crippen LogP contribution in [-0.4, -0.2) is 0 Å². The number of hydrogen-bond acceptors (Lipinski definition) is 0. The molecule has 0 saturated heterocycles. The molecule has 2 unspecified atom stereocenters. The van der Waals surface area contributed by atoms with Crippen molar-refractivity contribution in [3.8, 4) is 0 Å². The van der Waals surface area contributed by atoms with Gasteiger partial charge in [-0.3, -0.25) is 0 Å². The van der Waals surface area contributed by atoms with E-state index in [1.54, 1.807) is 11.1 Å². The monoisotopic (exact) mass is 306 g/mol. The Morgan fingerprint density at radius 3 is 2.67 bits per heavy atom. The Labute approximate surface area is 119 Å². The number of benzene rings is 1. The molecular formula is C17H23Br. The molecule has 0 nitrogen and oxygen atoms in total. The second-order valence-electron chi connectivity index (χ2n) is 6.77. The van der Waals surface area contributed by atoms with E-state index in [4.69, 9.17) is 0 Å². The Bertz CT molecular complexity index is 447. The Kier molecular flexibility index (Phi) is 3.30. The topological polar surface area (TPSA) is 0 Å². The zero-order valence-electron chi connectivity index (χ0n) is 11.5. The quantitative estimate of drug-likeness (QED) is 0.638. The summed E-state index contributed by atoms with van der Waals surface area (Å²) in [7, 11) is 0. The standard InChI is InChI=1S/C17H23Br/c1-17(2)10-4-7-15(17)16(18)14-9-8-12-5-3-6-13(12)11-14/h8-9,11,15-16H,3-7,10H2,1-2H3. The minimum absolute atomic E-state index is 0.493. The molecule has 18 heavy (non-hydrogen) atoms. The number of rotatable bonds is 2. The molecule has 1 saturated carbocycles. The van der Waals surface area contributed by atoms with Gasteiger partial charge >= 0.3 is 0 Å². The third kappa shape index (κ3) is 2.15. The van der Waals surface area contributed by atoms with Gasteiger partial charge in [0.15, 0.2) is 0 Å². The third-order valence-corrected chi connectivity index (χ3v) is 6.30. The summed E-state index contributed by atoms with van der Waals surface area (Å²) < 4.78 is 0. The van der Waals surface area contributed by atoms with E-state index in [1.165, 1.54) is 44.1 Å². The maximum absolute atomic E-state index is 4.00. The highest BCUT2D eigenvalue weighted by Crippen LogP contribution is 2.52. The van der Waals surface area contributed by atoms with Crippen LogP contribution in [0.25, 0.3) is 0 Å². The highest BCUT2D eigenvalue weighted by molar-refractivity contribution is 9.09. The summed E-state index contributed by atoms with van der Waals surface area (Å²) in [5, 5.41) is 0. The average molecular weight is 307 g/mol. The second-order valence-corrected chi connectivity index (χ2v) is 7.76. The van der Waals surface area contributed by atoms with E-state index in [1.807, 2.05) is 0 Å². The number of halogens is 1. The van der Waals surface area contributed by atoms with Crippen molar-refractivity contribution in [1.29, 1.82) is 0 Å². The van der Waals surface area contributed by atoms with Crippen molar-refractivity contribution in [3.05, 3.63) is 34.9 Å². The fraction of sp³-hybridized carbons (Fsp3) is 0.647. The summed E-state index contributed by atoms with van der Waals surface area (Å²) in [6.45, 7) is 4.87. The van der Waals surface area contributed by atoms with Crippen molar-refractivity contribution in [2.45, 2.75) is 57.2 Å². The van der Waals surface area contributed by atoms with E-state index in [0.717, 1.165) is 5.92 Å². The molecule has 2 atom stereocenters. The molecule has 2 aliphatic carbocycles. The van der Waals surface area contributed by atoms with Crippen LogP contribution in [0.1, 0.15) is 61.0 Å². The molecule has 2 aliphatic rings. The van der Waals surface area contributed by atoms with Crippen LogP contribution >= 0.6 is 15.9 Å². The Morgan fingerprint density at radius 1 is 1.17 bits per heavy atom. The highest BCUT2D eigenvalue weighted by Gasteiger charge is 2.39. The molecule has 0 N–H and O–H groups in total. The Morgan fingerprint density at radius 2 is 1.94 bits per heavy atom. The number of hydrogen-bond donors (Lipinski definition) is 0. The van der Waals surface area contributed by atoms with Crippen LogP contribution in [0.15, 0.2) is 18.2 Å². The molecule has 0 aromatic heterocycles. The van der Waals surface area contributed by atoms with E-state index in [-0.39, 0.29) is 0 Å². The molecular weight excluding hydrogens is 284 g/mol. The number of fused-ring (bicyclic) bond motifs is 1. The minimum atomic E-state index is 0.493. The first-order valence-electron chi connectivity index (χ1n) is 7.34. The molecule has 0 amide bonds. The van der Waals surface area contributed by atoms with Crippen LogP contribution in [0.2, 0.25) is 0 Å². The molecule has 1 aromatic carbocycles. The Balaban J connectivity index is 1.86. The molecule has 1 aromatic rings. The van der Waals surface area contributed by atoms with Crippen molar-refractivity contribution in [2.75, 3.05) is 0 Å². The fourth-order valence-corrected chi connectivity index (χ4v) is 5.16. The molecule has 0 radical (unpaired) electrons. The molecule has 0 bridgehead atoms. The van der Waals surface area contributed by atoms with Gasteiger partial charge in [-0.15, -0.1) is 0 Å². The van der Waals surface area contributed by atoms with E-state index in [0.29, 0.717) is 10.2 Å². The number of aryl methyl sites for hydroxylation is 2. The normalized spacial score (nSPS) is 27.2. The minimum Gasteiger partial charge on any atom is -0.0836 e. The first-order valence-corrected chi connectivity index (χ1v) is 8.25. The van der Waals surface area contributed by atoms with Gasteiger partial charge in [-0.05, 0) is 60.1 Å². The van der Waals surface area contributed by atoms with Crippen molar-refractivity contribution >= 4 is 15.9 Å². The van der Waals surface area contributed by atoms with Crippen molar-refractivity contribution in [2.24, 2.45) is 11.3 Å². The van der Waals surface area contributed by atoms with Crippen LogP contribution in [0.3, 0.4) is 0 Å². The summed E-state index contributed by atoms with van der Waals surface area (Å²) in [5.41, 5.74) is 5.19. The van der Waals surface area contributed by atoms with Gasteiger partial charge in [-0.1, -0.05) is 54.4 Å².